The molecule has 3 rings (SSSR count). The molecule has 0 bridgehead atoms. The molecule has 0 saturated heterocycles. The lowest BCUT2D eigenvalue weighted by Gasteiger charge is -2.13. The average Bonchev–Trinajstić information content (AvgIpc) is 3.01. The van der Waals surface area contributed by atoms with E-state index in [1.165, 1.54) is 0 Å². The minimum absolute atomic E-state index is 0.000773. The summed E-state index contributed by atoms with van der Waals surface area (Å²) in [5.41, 5.74) is 1.52. The van der Waals surface area contributed by atoms with Gasteiger partial charge in [-0.25, -0.2) is 0 Å². The first-order valence-corrected chi connectivity index (χ1v) is 9.14. The maximum absolute atomic E-state index is 12.7. The lowest BCUT2D eigenvalue weighted by molar-refractivity contribution is 0.0915. The SMILES string of the molecule is Cc1onc(-c2c(Cl)cccc2Cl)c1C(=O)NCC(O)c1ccc(Cl)cc1. The summed E-state index contributed by atoms with van der Waals surface area (Å²) in [7, 11) is 0. The molecule has 2 aromatic carbocycles. The molecule has 1 atom stereocenters. The van der Waals surface area contributed by atoms with Gasteiger partial charge in [0.05, 0.1) is 16.1 Å². The van der Waals surface area contributed by atoms with E-state index >= 15 is 0 Å². The van der Waals surface area contributed by atoms with Gasteiger partial charge in [0.25, 0.3) is 5.91 Å². The first-order valence-electron chi connectivity index (χ1n) is 8.01. The largest absolute Gasteiger partial charge is 0.387 e. The molecule has 8 heteroatoms. The van der Waals surface area contributed by atoms with Crippen molar-refractivity contribution < 1.29 is 14.4 Å². The maximum atomic E-state index is 12.7. The van der Waals surface area contributed by atoms with Crippen molar-refractivity contribution in [2.24, 2.45) is 0 Å². The van der Waals surface area contributed by atoms with Gasteiger partial charge in [-0.3, -0.25) is 4.79 Å². The number of hydrogen-bond acceptors (Lipinski definition) is 4. The second kappa shape index (κ2) is 8.31. The Balaban J connectivity index is 1.82. The number of aryl methyl sites for hydroxylation is 1. The number of aromatic nitrogens is 1. The van der Waals surface area contributed by atoms with Crippen molar-refractivity contribution in [2.45, 2.75) is 13.0 Å². The molecule has 0 aliphatic carbocycles. The summed E-state index contributed by atoms with van der Waals surface area (Å²) in [5.74, 6) is -0.132. The number of carbonyl (C=O) groups excluding carboxylic acids is 1. The minimum Gasteiger partial charge on any atom is -0.387 e. The summed E-state index contributed by atoms with van der Waals surface area (Å²) in [5, 5.41) is 18.2. The van der Waals surface area contributed by atoms with Crippen LogP contribution in [0, 0.1) is 6.92 Å². The Labute approximate surface area is 170 Å². The number of nitrogens with one attached hydrogen (secondary N) is 1. The molecular formula is C19H15Cl3N2O3. The minimum atomic E-state index is -0.890. The summed E-state index contributed by atoms with van der Waals surface area (Å²) < 4.78 is 5.18. The van der Waals surface area contributed by atoms with Crippen molar-refractivity contribution >= 4 is 40.7 Å². The average molecular weight is 426 g/mol. The number of benzene rings is 2. The molecule has 0 aliphatic rings. The van der Waals surface area contributed by atoms with Crippen molar-refractivity contribution in [3.05, 3.63) is 74.4 Å². The lowest BCUT2D eigenvalue weighted by atomic mass is 10.0. The van der Waals surface area contributed by atoms with Crippen LogP contribution in [0.3, 0.4) is 0 Å². The summed E-state index contributed by atoms with van der Waals surface area (Å²) in [6.45, 7) is 1.62. The van der Waals surface area contributed by atoms with Crippen LogP contribution in [0.25, 0.3) is 11.3 Å². The third kappa shape index (κ3) is 4.28. The zero-order valence-corrected chi connectivity index (χ0v) is 16.4. The van der Waals surface area contributed by atoms with Crippen molar-refractivity contribution in [1.82, 2.24) is 10.5 Å². The van der Waals surface area contributed by atoms with Crippen LogP contribution in [-0.2, 0) is 0 Å². The van der Waals surface area contributed by atoms with E-state index in [-0.39, 0.29) is 17.8 Å². The number of hydrogen-bond donors (Lipinski definition) is 2. The Morgan fingerprint density at radius 2 is 1.78 bits per heavy atom. The van der Waals surface area contributed by atoms with Crippen LogP contribution in [0.1, 0.15) is 27.8 Å². The van der Waals surface area contributed by atoms with Gasteiger partial charge >= 0.3 is 0 Å². The van der Waals surface area contributed by atoms with E-state index in [0.717, 1.165) is 0 Å². The van der Waals surface area contributed by atoms with Crippen molar-refractivity contribution in [3.8, 4) is 11.3 Å². The van der Waals surface area contributed by atoms with E-state index in [1.807, 2.05) is 0 Å². The predicted molar refractivity (Wildman–Crippen MR) is 105 cm³/mol. The smallest absolute Gasteiger partial charge is 0.257 e. The highest BCUT2D eigenvalue weighted by Gasteiger charge is 2.25. The molecule has 1 heterocycles. The summed E-state index contributed by atoms with van der Waals surface area (Å²) in [4.78, 5) is 12.7. The maximum Gasteiger partial charge on any atom is 0.257 e. The van der Waals surface area contributed by atoms with Crippen LogP contribution in [0.2, 0.25) is 15.1 Å². The van der Waals surface area contributed by atoms with Crippen LogP contribution in [0.4, 0.5) is 0 Å². The van der Waals surface area contributed by atoms with E-state index in [4.69, 9.17) is 39.3 Å². The number of amides is 1. The molecule has 5 nitrogen and oxygen atoms in total. The number of rotatable bonds is 5. The van der Waals surface area contributed by atoms with Crippen molar-refractivity contribution in [3.63, 3.8) is 0 Å². The molecule has 3 aromatic rings. The highest BCUT2D eigenvalue weighted by molar-refractivity contribution is 6.39. The van der Waals surface area contributed by atoms with Crippen LogP contribution < -0.4 is 5.32 Å². The quantitative estimate of drug-likeness (QED) is 0.598. The van der Waals surface area contributed by atoms with Gasteiger partial charge in [0, 0.05) is 17.1 Å². The third-order valence-corrected chi connectivity index (χ3v) is 4.88. The standard InChI is InChI=1S/C19H15Cl3N2O3/c1-10-16(18(24-27-10)17-13(21)3-2-4-14(17)22)19(26)23-9-15(25)11-5-7-12(20)8-6-11/h2-8,15,25H,9H2,1H3,(H,23,26). The summed E-state index contributed by atoms with van der Waals surface area (Å²) in [6, 6.07) is 11.7. The summed E-state index contributed by atoms with van der Waals surface area (Å²) in [6.07, 6.45) is -0.890. The van der Waals surface area contributed by atoms with Crippen LogP contribution in [0.5, 0.6) is 0 Å². The highest BCUT2D eigenvalue weighted by atomic mass is 35.5. The zero-order chi connectivity index (χ0) is 19.6. The molecule has 0 spiro atoms. The van der Waals surface area contributed by atoms with Gasteiger partial charge in [0.2, 0.25) is 0 Å². The second-order valence-corrected chi connectivity index (χ2v) is 7.09. The molecule has 1 unspecified atom stereocenters. The normalized spacial score (nSPS) is 12.0. The molecule has 0 saturated carbocycles. The Hall–Kier alpha value is -2.05. The predicted octanol–water partition coefficient (Wildman–Crippen LogP) is 5.07. The fourth-order valence-corrected chi connectivity index (χ4v) is 3.32. The fraction of sp³-hybridized carbons (Fsp3) is 0.158. The lowest BCUT2D eigenvalue weighted by Crippen LogP contribution is -2.29. The van der Waals surface area contributed by atoms with Crippen LogP contribution in [-0.4, -0.2) is 22.7 Å². The van der Waals surface area contributed by atoms with Crippen LogP contribution in [0.15, 0.2) is 47.0 Å². The number of aliphatic hydroxyl groups excluding tert-OH is 1. The number of nitrogens with zero attached hydrogens (tertiary/aromatic N) is 1. The first-order chi connectivity index (χ1) is 12.9. The molecule has 0 radical (unpaired) electrons. The van der Waals surface area contributed by atoms with Gasteiger partial charge in [0.1, 0.15) is 17.0 Å². The molecule has 2 N–H and O–H groups in total. The molecule has 1 amide bonds. The monoisotopic (exact) mass is 424 g/mol. The van der Waals surface area contributed by atoms with Gasteiger partial charge < -0.3 is 14.9 Å². The first kappa shape index (κ1) is 19.7. The van der Waals surface area contributed by atoms with E-state index in [2.05, 4.69) is 10.5 Å². The third-order valence-electron chi connectivity index (χ3n) is 4.00. The van der Waals surface area contributed by atoms with E-state index < -0.39 is 12.0 Å². The molecule has 1 aromatic heterocycles. The number of halogens is 3. The van der Waals surface area contributed by atoms with E-state index in [1.54, 1.807) is 49.4 Å². The highest BCUT2D eigenvalue weighted by Crippen LogP contribution is 2.36. The fourth-order valence-electron chi connectivity index (χ4n) is 2.61. The molecule has 27 heavy (non-hydrogen) atoms. The molecular weight excluding hydrogens is 411 g/mol. The number of carbonyl (C=O) groups is 1. The van der Waals surface area contributed by atoms with Crippen molar-refractivity contribution in [2.75, 3.05) is 6.54 Å². The van der Waals surface area contributed by atoms with Crippen molar-refractivity contribution in [1.29, 1.82) is 0 Å². The van der Waals surface area contributed by atoms with Gasteiger partial charge in [0.15, 0.2) is 0 Å². The van der Waals surface area contributed by atoms with E-state index in [0.29, 0.717) is 32.0 Å². The molecule has 0 fully saturated rings. The Bertz CT molecular complexity index is 951. The molecule has 140 valence electrons. The Morgan fingerprint density at radius 1 is 1.15 bits per heavy atom. The Kier molecular flexibility index (Phi) is 6.07. The second-order valence-electron chi connectivity index (χ2n) is 5.84. The van der Waals surface area contributed by atoms with Gasteiger partial charge in [-0.2, -0.15) is 0 Å². The Morgan fingerprint density at radius 3 is 2.41 bits per heavy atom. The van der Waals surface area contributed by atoms with Gasteiger partial charge in [-0.15, -0.1) is 0 Å². The zero-order valence-electron chi connectivity index (χ0n) is 14.2. The summed E-state index contributed by atoms with van der Waals surface area (Å²) >= 11 is 18.3. The van der Waals surface area contributed by atoms with E-state index in [9.17, 15) is 9.90 Å². The molecule has 0 aliphatic heterocycles. The van der Waals surface area contributed by atoms with Crippen LogP contribution >= 0.6 is 34.8 Å². The van der Waals surface area contributed by atoms with Gasteiger partial charge in [-0.05, 0) is 36.8 Å². The topological polar surface area (TPSA) is 75.4 Å². The van der Waals surface area contributed by atoms with Gasteiger partial charge in [-0.1, -0.05) is 58.2 Å². The number of aliphatic hydroxyl groups is 1.